The number of hydrazine groups is 1. The molecule has 1 aromatic carbocycles. The quantitative estimate of drug-likeness (QED) is 0.613. The molecule has 1 aliphatic rings. The van der Waals surface area contributed by atoms with Gasteiger partial charge in [0.15, 0.2) is 5.82 Å². The van der Waals surface area contributed by atoms with Crippen molar-refractivity contribution in [3.63, 3.8) is 0 Å². The number of aryl methyl sites for hydroxylation is 1. The lowest BCUT2D eigenvalue weighted by Crippen LogP contribution is -2.35. The van der Waals surface area contributed by atoms with Gasteiger partial charge in [0.1, 0.15) is 0 Å². The predicted molar refractivity (Wildman–Crippen MR) is 99.4 cm³/mol. The lowest BCUT2D eigenvalue weighted by molar-refractivity contribution is 0.0942. The van der Waals surface area contributed by atoms with Crippen molar-refractivity contribution >= 4 is 17.9 Å². The number of hydrogen-bond donors (Lipinski definition) is 2. The van der Waals surface area contributed by atoms with Gasteiger partial charge in [0.05, 0.1) is 17.0 Å². The number of amides is 1. The second-order valence-electron chi connectivity index (χ2n) is 6.25. The Kier molecular flexibility index (Phi) is 6.04. The van der Waals surface area contributed by atoms with Gasteiger partial charge in [-0.1, -0.05) is 61.5 Å². The number of hydrogen-bond acceptors (Lipinski definition) is 4. The molecule has 2 aromatic rings. The molecule has 0 spiro atoms. The zero-order valence-electron chi connectivity index (χ0n) is 14.2. The topological polar surface area (TPSA) is 54.0 Å². The van der Waals surface area contributed by atoms with Gasteiger partial charge in [-0.3, -0.25) is 15.2 Å². The Morgan fingerprint density at radius 1 is 1.20 bits per heavy atom. The molecule has 1 heterocycles. The summed E-state index contributed by atoms with van der Waals surface area (Å²) in [5.74, 6) is -1.06. The van der Waals surface area contributed by atoms with Crippen molar-refractivity contribution < 1.29 is 9.18 Å². The minimum absolute atomic E-state index is 0.00287. The number of pyridine rings is 1. The Morgan fingerprint density at radius 2 is 1.92 bits per heavy atom. The molecular weight excluding hydrogens is 337 g/mol. The third kappa shape index (κ3) is 4.58. The normalized spacial score (nSPS) is 15.1. The van der Waals surface area contributed by atoms with E-state index in [1.807, 2.05) is 30.3 Å². The molecule has 6 heteroatoms. The van der Waals surface area contributed by atoms with Crippen LogP contribution in [0, 0.1) is 12.7 Å². The van der Waals surface area contributed by atoms with Gasteiger partial charge in [-0.05, 0) is 25.8 Å². The molecule has 0 bridgehead atoms. The maximum absolute atomic E-state index is 14.4. The van der Waals surface area contributed by atoms with E-state index in [0.29, 0.717) is 10.9 Å². The summed E-state index contributed by atoms with van der Waals surface area (Å²) in [6, 6.07) is 11.0. The molecule has 0 unspecified atom stereocenters. The molecular formula is C19H22FN3OS. The van der Waals surface area contributed by atoms with Crippen molar-refractivity contribution in [1.82, 2.24) is 15.2 Å². The van der Waals surface area contributed by atoms with Gasteiger partial charge in [0.25, 0.3) is 5.91 Å². The average molecular weight is 359 g/mol. The van der Waals surface area contributed by atoms with Gasteiger partial charge in [0, 0.05) is 10.8 Å². The first kappa shape index (κ1) is 17.9. The van der Waals surface area contributed by atoms with Crippen LogP contribution in [0.4, 0.5) is 4.39 Å². The van der Waals surface area contributed by atoms with E-state index in [1.165, 1.54) is 37.3 Å². The summed E-state index contributed by atoms with van der Waals surface area (Å²) in [6.45, 7) is 1.57. The molecule has 0 radical (unpaired) electrons. The number of carbonyl (C=O) groups is 1. The number of nitrogens with one attached hydrogen (secondary N) is 2. The highest BCUT2D eigenvalue weighted by molar-refractivity contribution is 7.98. The average Bonchev–Trinajstić information content (AvgIpc) is 2.65. The molecule has 1 aliphatic carbocycles. The highest BCUT2D eigenvalue weighted by Gasteiger charge is 2.18. The zero-order chi connectivity index (χ0) is 17.6. The molecule has 0 atom stereocenters. The number of rotatable bonds is 5. The van der Waals surface area contributed by atoms with Crippen molar-refractivity contribution in [1.29, 1.82) is 0 Å². The summed E-state index contributed by atoms with van der Waals surface area (Å²) in [6.07, 6.45) is 6.04. The summed E-state index contributed by atoms with van der Waals surface area (Å²) >= 11 is 1.51. The minimum atomic E-state index is -0.582. The summed E-state index contributed by atoms with van der Waals surface area (Å²) < 4.78 is 14.4. The zero-order valence-corrected chi connectivity index (χ0v) is 15.0. The Labute approximate surface area is 151 Å². The van der Waals surface area contributed by atoms with Gasteiger partial charge in [-0.15, -0.1) is 0 Å². The van der Waals surface area contributed by atoms with Crippen molar-refractivity contribution in [2.45, 2.75) is 44.3 Å². The number of halogens is 1. The lowest BCUT2D eigenvalue weighted by Gasteiger charge is -2.21. The molecule has 0 aliphatic heterocycles. The maximum Gasteiger partial charge on any atom is 0.269 e. The van der Waals surface area contributed by atoms with Crippen LogP contribution in [0.2, 0.25) is 0 Å². The molecule has 132 valence electrons. The monoisotopic (exact) mass is 359 g/mol. The molecule has 3 rings (SSSR count). The fourth-order valence-electron chi connectivity index (χ4n) is 2.99. The molecule has 1 saturated carbocycles. The van der Waals surface area contributed by atoms with Crippen LogP contribution in [0.1, 0.15) is 48.2 Å². The van der Waals surface area contributed by atoms with E-state index in [2.05, 4.69) is 15.2 Å². The third-order valence-corrected chi connectivity index (χ3v) is 5.40. The summed E-state index contributed by atoms with van der Waals surface area (Å²) in [4.78, 5) is 19.5. The molecule has 25 heavy (non-hydrogen) atoms. The Balaban J connectivity index is 1.69. The van der Waals surface area contributed by atoms with E-state index < -0.39 is 11.7 Å². The van der Waals surface area contributed by atoms with Crippen LogP contribution in [0.15, 0.2) is 36.4 Å². The third-order valence-electron chi connectivity index (χ3n) is 4.38. The van der Waals surface area contributed by atoms with E-state index >= 15 is 0 Å². The van der Waals surface area contributed by atoms with Gasteiger partial charge < -0.3 is 0 Å². The van der Waals surface area contributed by atoms with Crippen molar-refractivity contribution in [2.24, 2.45) is 0 Å². The highest BCUT2D eigenvalue weighted by Crippen LogP contribution is 2.26. The minimum Gasteiger partial charge on any atom is -0.277 e. The first-order valence-corrected chi connectivity index (χ1v) is 9.46. The van der Waals surface area contributed by atoms with Crippen LogP contribution < -0.4 is 10.3 Å². The number of benzene rings is 1. The lowest BCUT2D eigenvalue weighted by atomic mass is 10.0. The number of aromatic nitrogens is 1. The molecule has 1 aromatic heterocycles. The number of nitrogens with zero attached hydrogens (tertiary/aromatic N) is 1. The standard InChI is InChI=1S/C19H22FN3OS/c1-13-18(20)16(12-17(21-13)14-8-4-2-5-9-14)19(24)22-23-25-15-10-6-3-7-11-15/h2,4-5,8-9,12,15,23H,3,6-7,10-11H2,1H3,(H,22,24). The van der Waals surface area contributed by atoms with Crippen molar-refractivity contribution in [2.75, 3.05) is 0 Å². The van der Waals surface area contributed by atoms with Gasteiger partial charge >= 0.3 is 0 Å². The Morgan fingerprint density at radius 3 is 2.64 bits per heavy atom. The van der Waals surface area contributed by atoms with Crippen LogP contribution in [0.5, 0.6) is 0 Å². The molecule has 4 nitrogen and oxygen atoms in total. The Bertz CT molecular complexity index is 733. The smallest absolute Gasteiger partial charge is 0.269 e. The summed E-state index contributed by atoms with van der Waals surface area (Å²) in [5.41, 5.74) is 4.26. The second kappa shape index (κ2) is 8.45. The van der Waals surface area contributed by atoms with Crippen LogP contribution >= 0.6 is 11.9 Å². The van der Waals surface area contributed by atoms with Crippen LogP contribution in [0.25, 0.3) is 11.3 Å². The SMILES string of the molecule is Cc1nc(-c2ccccc2)cc(C(=O)NNSC2CCCCC2)c1F. The van der Waals surface area contributed by atoms with Crippen LogP contribution in [-0.2, 0) is 0 Å². The summed E-state index contributed by atoms with van der Waals surface area (Å²) in [5, 5.41) is 0.498. The molecule has 2 N–H and O–H groups in total. The van der Waals surface area contributed by atoms with Crippen molar-refractivity contribution in [3.05, 3.63) is 53.5 Å². The van der Waals surface area contributed by atoms with E-state index in [4.69, 9.17) is 0 Å². The first-order valence-electron chi connectivity index (χ1n) is 8.58. The van der Waals surface area contributed by atoms with Gasteiger partial charge in [0.2, 0.25) is 0 Å². The number of carbonyl (C=O) groups excluding carboxylic acids is 1. The Hall–Kier alpha value is -1.92. The molecule has 1 amide bonds. The van der Waals surface area contributed by atoms with E-state index in [1.54, 1.807) is 6.92 Å². The van der Waals surface area contributed by atoms with E-state index in [9.17, 15) is 9.18 Å². The van der Waals surface area contributed by atoms with Crippen LogP contribution in [-0.4, -0.2) is 16.1 Å². The fourth-order valence-corrected chi connectivity index (χ4v) is 3.88. The van der Waals surface area contributed by atoms with Crippen molar-refractivity contribution in [3.8, 4) is 11.3 Å². The largest absolute Gasteiger partial charge is 0.277 e. The predicted octanol–water partition coefficient (Wildman–Crippen LogP) is 4.41. The summed E-state index contributed by atoms with van der Waals surface area (Å²) in [7, 11) is 0. The second-order valence-corrected chi connectivity index (χ2v) is 7.36. The fraction of sp³-hybridized carbons (Fsp3) is 0.368. The van der Waals surface area contributed by atoms with E-state index in [-0.39, 0.29) is 11.3 Å². The first-order chi connectivity index (χ1) is 12.1. The maximum atomic E-state index is 14.4. The van der Waals surface area contributed by atoms with E-state index in [0.717, 1.165) is 18.4 Å². The molecule has 1 fully saturated rings. The van der Waals surface area contributed by atoms with Gasteiger partial charge in [-0.2, -0.15) is 4.83 Å². The molecule has 0 saturated heterocycles. The van der Waals surface area contributed by atoms with Gasteiger partial charge in [-0.25, -0.2) is 4.39 Å². The van der Waals surface area contributed by atoms with Crippen LogP contribution in [0.3, 0.4) is 0 Å². The highest BCUT2D eigenvalue weighted by atomic mass is 32.2.